The van der Waals surface area contributed by atoms with Crippen molar-refractivity contribution in [2.45, 2.75) is 26.2 Å². The van der Waals surface area contributed by atoms with E-state index in [0.29, 0.717) is 17.8 Å². The second-order valence-electron chi connectivity index (χ2n) is 10.0. The summed E-state index contributed by atoms with van der Waals surface area (Å²) in [7, 11) is 1.63. The highest BCUT2D eigenvalue weighted by molar-refractivity contribution is 6.28. The molecule has 0 bridgehead atoms. The molecule has 1 aliphatic heterocycles. The van der Waals surface area contributed by atoms with E-state index in [9.17, 15) is 18.4 Å². The molecule has 0 radical (unpaired) electrons. The van der Waals surface area contributed by atoms with Gasteiger partial charge in [-0.05, 0) is 59.5 Å². The number of para-hydroxylation sites is 1. The first kappa shape index (κ1) is 27.7. The lowest BCUT2D eigenvalue weighted by Crippen LogP contribution is -2.36. The van der Waals surface area contributed by atoms with Crippen LogP contribution in [-0.2, 0) is 21.9 Å². The van der Waals surface area contributed by atoms with Crippen LogP contribution in [0, 0.1) is 5.92 Å². The van der Waals surface area contributed by atoms with Crippen LogP contribution in [0.25, 0.3) is 11.1 Å². The van der Waals surface area contributed by atoms with Gasteiger partial charge in [-0.15, -0.1) is 0 Å². The van der Waals surface area contributed by atoms with E-state index >= 15 is 0 Å². The summed E-state index contributed by atoms with van der Waals surface area (Å²) in [6.45, 7) is 2.39. The van der Waals surface area contributed by atoms with Gasteiger partial charge in [0, 0.05) is 24.6 Å². The van der Waals surface area contributed by atoms with Crippen LogP contribution >= 0.6 is 0 Å². The maximum absolute atomic E-state index is 13.8. The van der Waals surface area contributed by atoms with Crippen molar-refractivity contribution < 1.29 is 23.1 Å². The minimum Gasteiger partial charge on any atom is -0.496 e. The monoisotopic (exact) mass is 553 g/mol. The van der Waals surface area contributed by atoms with Crippen LogP contribution in [0.3, 0.4) is 0 Å². The lowest BCUT2D eigenvalue weighted by molar-refractivity contribution is -0.127. The van der Waals surface area contributed by atoms with Crippen LogP contribution < -0.4 is 15.1 Å². The smallest absolute Gasteiger partial charge is 0.270 e. The van der Waals surface area contributed by atoms with E-state index in [-0.39, 0.29) is 11.3 Å². The molecule has 6 nitrogen and oxygen atoms in total. The fourth-order valence-corrected chi connectivity index (χ4v) is 4.90. The Bertz CT molecular complexity index is 1630. The van der Waals surface area contributed by atoms with E-state index in [1.807, 2.05) is 66.7 Å². The molecular weight excluding hydrogens is 524 g/mol. The van der Waals surface area contributed by atoms with E-state index in [2.05, 4.69) is 16.5 Å². The van der Waals surface area contributed by atoms with Gasteiger partial charge in [0.2, 0.25) is 5.91 Å². The molecule has 0 saturated heterocycles. The van der Waals surface area contributed by atoms with Gasteiger partial charge in [0.05, 0.1) is 18.5 Å². The zero-order valence-corrected chi connectivity index (χ0v) is 22.9. The molecule has 1 heterocycles. The highest BCUT2D eigenvalue weighted by Gasteiger charge is 2.40. The van der Waals surface area contributed by atoms with Gasteiger partial charge in [-0.3, -0.25) is 9.59 Å². The predicted octanol–water partition coefficient (Wildman–Crippen LogP) is 7.04. The van der Waals surface area contributed by atoms with Crippen LogP contribution in [-0.4, -0.2) is 24.6 Å². The summed E-state index contributed by atoms with van der Waals surface area (Å²) in [5.41, 5.74) is 4.53. The lowest BCUT2D eigenvalue weighted by Gasteiger charge is -2.18. The fourth-order valence-electron chi connectivity index (χ4n) is 4.90. The van der Waals surface area contributed by atoms with Gasteiger partial charge in [0.15, 0.2) is 5.92 Å². The van der Waals surface area contributed by atoms with E-state index in [4.69, 9.17) is 4.74 Å². The van der Waals surface area contributed by atoms with Crippen molar-refractivity contribution in [3.05, 3.63) is 114 Å². The first-order chi connectivity index (χ1) is 19.6. The van der Waals surface area contributed by atoms with Gasteiger partial charge in [-0.2, -0.15) is 10.1 Å². The number of nitrogens with zero attached hydrogens (tertiary/aromatic N) is 2. The number of nitrogens with one attached hydrogen (secondary N) is 1. The quantitative estimate of drug-likeness (QED) is 0.238. The van der Waals surface area contributed by atoms with Gasteiger partial charge in [-0.25, -0.2) is 8.78 Å². The predicted molar refractivity (Wildman–Crippen MR) is 156 cm³/mol. The number of carbonyl (C=O) groups excluding carboxylic acids is 2. The number of halogens is 2. The number of methoxy groups -OCH3 is 1. The van der Waals surface area contributed by atoms with Crippen LogP contribution in [0.15, 0.2) is 102 Å². The van der Waals surface area contributed by atoms with Crippen molar-refractivity contribution in [1.29, 1.82) is 0 Å². The van der Waals surface area contributed by atoms with Crippen molar-refractivity contribution in [3.63, 3.8) is 0 Å². The summed E-state index contributed by atoms with van der Waals surface area (Å²) in [6.07, 6.45) is 0.546. The lowest BCUT2D eigenvalue weighted by atomic mass is 9.97. The Balaban J connectivity index is 1.46. The summed E-state index contributed by atoms with van der Waals surface area (Å²) in [5.74, 6) is -4.66. The minimum atomic E-state index is -3.07. The van der Waals surface area contributed by atoms with Crippen LogP contribution in [0.1, 0.15) is 30.5 Å². The van der Waals surface area contributed by atoms with Gasteiger partial charge in [0.25, 0.3) is 11.8 Å². The maximum Gasteiger partial charge on any atom is 0.270 e. The molecule has 0 aromatic heterocycles. The first-order valence-corrected chi connectivity index (χ1v) is 13.1. The number of hydrogen-bond acceptors (Lipinski definition) is 4. The minimum absolute atomic E-state index is 0.179. The Kier molecular flexibility index (Phi) is 7.66. The number of carbonyl (C=O) groups is 2. The number of amides is 2. The fraction of sp³-hybridized carbons (Fsp3) is 0.182. The summed E-state index contributed by atoms with van der Waals surface area (Å²) >= 11 is 0. The van der Waals surface area contributed by atoms with Gasteiger partial charge < -0.3 is 10.1 Å². The molecule has 0 saturated carbocycles. The Morgan fingerprint density at radius 1 is 0.951 bits per heavy atom. The van der Waals surface area contributed by atoms with Crippen molar-refractivity contribution >= 4 is 28.9 Å². The Morgan fingerprint density at radius 2 is 1.68 bits per heavy atom. The molecule has 0 spiro atoms. The molecule has 5 rings (SSSR count). The highest BCUT2D eigenvalue weighted by atomic mass is 19.3. The molecule has 2 amide bonds. The van der Waals surface area contributed by atoms with Crippen LogP contribution in [0.4, 0.5) is 20.2 Å². The summed E-state index contributed by atoms with van der Waals surface area (Å²) < 4.78 is 33.1. The topological polar surface area (TPSA) is 71.0 Å². The van der Waals surface area contributed by atoms with E-state index < -0.39 is 23.7 Å². The van der Waals surface area contributed by atoms with Crippen molar-refractivity contribution in [3.8, 4) is 16.9 Å². The number of benzene rings is 4. The van der Waals surface area contributed by atoms with E-state index in [1.54, 1.807) is 14.0 Å². The molecule has 1 aliphatic rings. The molecular formula is C33H29F2N3O3. The molecule has 0 aliphatic carbocycles. The zero-order valence-electron chi connectivity index (χ0n) is 22.9. The second kappa shape index (κ2) is 11.3. The van der Waals surface area contributed by atoms with Gasteiger partial charge in [-0.1, -0.05) is 66.7 Å². The molecule has 1 unspecified atom stereocenters. The summed E-state index contributed by atoms with van der Waals surface area (Å²) in [4.78, 5) is 26.8. The normalized spacial score (nSPS) is 15.0. The van der Waals surface area contributed by atoms with Crippen molar-refractivity contribution in [1.82, 2.24) is 0 Å². The largest absolute Gasteiger partial charge is 0.496 e. The number of anilines is 2. The molecule has 41 heavy (non-hydrogen) atoms. The highest BCUT2D eigenvalue weighted by Crippen LogP contribution is 2.33. The molecule has 4 aromatic rings. The van der Waals surface area contributed by atoms with Gasteiger partial charge >= 0.3 is 0 Å². The first-order valence-electron chi connectivity index (χ1n) is 13.1. The van der Waals surface area contributed by atoms with Crippen LogP contribution in [0.2, 0.25) is 0 Å². The maximum atomic E-state index is 13.8. The van der Waals surface area contributed by atoms with Crippen molar-refractivity contribution in [2.24, 2.45) is 11.0 Å². The standard InChI is InChI=1S/C33H29F2N3O3/c1-21-30(31(39)36-27-14-9-13-26(20-27)33(2,34)35)32(40)38(37-21)28-18-22(16-24-12-7-8-15-29(24)41-3)17-25(19-28)23-10-5-4-6-11-23/h4-15,17-20,30H,16H2,1-3H3,(H,36,39). The number of hydrogen-bond donors (Lipinski definition) is 1. The number of hydrazone groups is 1. The zero-order chi connectivity index (χ0) is 29.1. The average Bonchev–Trinajstić information content (AvgIpc) is 3.27. The molecule has 8 heteroatoms. The number of ether oxygens (including phenoxy) is 1. The summed E-state index contributed by atoms with van der Waals surface area (Å²) in [5, 5.41) is 8.31. The second-order valence-corrected chi connectivity index (χ2v) is 10.0. The number of alkyl halides is 2. The van der Waals surface area contributed by atoms with E-state index in [0.717, 1.165) is 34.9 Å². The third-order valence-corrected chi connectivity index (χ3v) is 6.95. The van der Waals surface area contributed by atoms with Crippen molar-refractivity contribution in [2.75, 3.05) is 17.4 Å². The Morgan fingerprint density at radius 3 is 2.41 bits per heavy atom. The SMILES string of the molecule is COc1ccccc1Cc1cc(-c2ccccc2)cc(N2N=C(C)C(C(=O)Nc3cccc(C(C)(F)F)c3)C2=O)c1. The average molecular weight is 554 g/mol. The van der Waals surface area contributed by atoms with E-state index in [1.165, 1.54) is 29.3 Å². The molecule has 4 aromatic carbocycles. The van der Waals surface area contributed by atoms with Crippen LogP contribution in [0.5, 0.6) is 5.75 Å². The number of rotatable bonds is 8. The Labute approximate surface area is 237 Å². The summed E-state index contributed by atoms with van der Waals surface area (Å²) in [6, 6.07) is 28.7. The molecule has 1 N–H and O–H groups in total. The van der Waals surface area contributed by atoms with Gasteiger partial charge in [0.1, 0.15) is 5.75 Å². The molecule has 208 valence electrons. The molecule has 0 fully saturated rings. The third kappa shape index (κ3) is 6.01. The molecule has 1 atom stereocenters. The third-order valence-electron chi connectivity index (χ3n) is 6.95. The Hall–Kier alpha value is -4.85.